The highest BCUT2D eigenvalue weighted by Gasteiger charge is 2.22. The Balaban J connectivity index is 1.89. The predicted octanol–water partition coefficient (Wildman–Crippen LogP) is 3.66. The molecule has 0 bridgehead atoms. The van der Waals surface area contributed by atoms with E-state index >= 15 is 0 Å². The largest absolute Gasteiger partial charge is 0.496 e. The molecule has 0 amide bonds. The molecule has 0 fully saturated rings. The van der Waals surface area contributed by atoms with Gasteiger partial charge in [-0.05, 0) is 62.2 Å². The van der Waals surface area contributed by atoms with Crippen molar-refractivity contribution < 1.29 is 13.2 Å². The Bertz CT molecular complexity index is 1300. The minimum Gasteiger partial charge on any atom is -0.496 e. The van der Waals surface area contributed by atoms with Crippen LogP contribution in [0.1, 0.15) is 16.8 Å². The van der Waals surface area contributed by atoms with Gasteiger partial charge in [-0.25, -0.2) is 12.4 Å². The number of aryl methyl sites for hydroxylation is 3. The van der Waals surface area contributed by atoms with E-state index in [1.165, 1.54) is 3.97 Å². The number of pyridine rings is 1. The zero-order valence-corrected chi connectivity index (χ0v) is 17.4. The third-order valence-corrected chi connectivity index (χ3v) is 6.52. The lowest BCUT2D eigenvalue weighted by Gasteiger charge is -2.13. The maximum absolute atomic E-state index is 13.4. The molecular weight excluding hydrogens is 388 g/mol. The first-order chi connectivity index (χ1) is 13.8. The number of nitrogens with zero attached hydrogens (tertiary/aromatic N) is 4. The van der Waals surface area contributed by atoms with Crippen LogP contribution in [0.15, 0.2) is 53.8 Å². The Morgan fingerprint density at radius 3 is 2.31 bits per heavy atom. The molecule has 0 saturated heterocycles. The van der Waals surface area contributed by atoms with Crippen molar-refractivity contribution in [1.82, 2.24) is 19.2 Å². The summed E-state index contributed by atoms with van der Waals surface area (Å²) in [4.78, 5) is 4.44. The van der Waals surface area contributed by atoms with Gasteiger partial charge < -0.3 is 4.74 Å². The Kier molecular flexibility index (Phi) is 4.58. The number of rotatable bonds is 4. The van der Waals surface area contributed by atoms with E-state index in [0.717, 1.165) is 27.8 Å². The Morgan fingerprint density at radius 2 is 1.69 bits per heavy atom. The van der Waals surface area contributed by atoms with Crippen LogP contribution in [-0.4, -0.2) is 34.7 Å². The highest BCUT2D eigenvalue weighted by atomic mass is 32.2. The summed E-state index contributed by atoms with van der Waals surface area (Å²) < 4.78 is 33.3. The van der Waals surface area contributed by atoms with Gasteiger partial charge in [-0.1, -0.05) is 0 Å². The average molecular weight is 408 g/mol. The lowest BCUT2D eigenvalue weighted by molar-refractivity contribution is 0.408. The molecule has 0 saturated carbocycles. The Hall–Kier alpha value is -3.26. The molecule has 0 spiro atoms. The molecule has 29 heavy (non-hydrogen) atoms. The van der Waals surface area contributed by atoms with Gasteiger partial charge in [0.25, 0.3) is 10.0 Å². The van der Waals surface area contributed by atoms with Crippen LogP contribution in [0.3, 0.4) is 0 Å². The third-order valence-electron chi connectivity index (χ3n) is 4.85. The van der Waals surface area contributed by atoms with Gasteiger partial charge in [0.05, 0.1) is 35.1 Å². The van der Waals surface area contributed by atoms with Crippen molar-refractivity contribution in [3.63, 3.8) is 0 Å². The van der Waals surface area contributed by atoms with Gasteiger partial charge in [0.1, 0.15) is 5.75 Å². The summed E-state index contributed by atoms with van der Waals surface area (Å²) in [6.07, 6.45) is 4.75. The van der Waals surface area contributed by atoms with Crippen LogP contribution in [0.25, 0.3) is 22.2 Å². The molecule has 4 rings (SSSR count). The second-order valence-corrected chi connectivity index (χ2v) is 8.70. The van der Waals surface area contributed by atoms with E-state index in [4.69, 9.17) is 4.74 Å². The Morgan fingerprint density at radius 1 is 0.966 bits per heavy atom. The van der Waals surface area contributed by atoms with Crippen LogP contribution in [0.2, 0.25) is 0 Å². The lowest BCUT2D eigenvalue weighted by Crippen LogP contribution is -2.12. The van der Waals surface area contributed by atoms with Crippen molar-refractivity contribution >= 4 is 20.9 Å². The number of benzene rings is 1. The summed E-state index contributed by atoms with van der Waals surface area (Å²) >= 11 is 0. The van der Waals surface area contributed by atoms with E-state index in [2.05, 4.69) is 15.2 Å². The molecule has 7 nitrogen and oxygen atoms in total. The predicted molar refractivity (Wildman–Crippen MR) is 111 cm³/mol. The molecular formula is C21H20N4O3S. The summed E-state index contributed by atoms with van der Waals surface area (Å²) in [5, 5.41) is 9.03. The SMILES string of the molecule is COc1c(C)cc(S(=O)(=O)n2ccc3c(-c4ccc(C)nn4)cncc32)cc1C. The summed E-state index contributed by atoms with van der Waals surface area (Å²) in [6.45, 7) is 5.51. The number of hydrogen-bond acceptors (Lipinski definition) is 6. The fourth-order valence-electron chi connectivity index (χ4n) is 3.48. The molecule has 0 aliphatic carbocycles. The smallest absolute Gasteiger partial charge is 0.268 e. The molecule has 0 aliphatic rings. The normalized spacial score (nSPS) is 11.7. The van der Waals surface area contributed by atoms with Crippen LogP contribution in [-0.2, 0) is 10.0 Å². The van der Waals surface area contributed by atoms with Crippen molar-refractivity contribution in [2.24, 2.45) is 0 Å². The van der Waals surface area contributed by atoms with E-state index in [1.807, 2.05) is 32.9 Å². The topological polar surface area (TPSA) is 87.0 Å². The maximum atomic E-state index is 13.4. The van der Waals surface area contributed by atoms with Crippen molar-refractivity contribution in [2.45, 2.75) is 25.7 Å². The van der Waals surface area contributed by atoms with Crippen LogP contribution >= 0.6 is 0 Å². The first-order valence-corrected chi connectivity index (χ1v) is 10.4. The minimum atomic E-state index is -3.81. The fourth-order valence-corrected chi connectivity index (χ4v) is 4.99. The average Bonchev–Trinajstić information content (AvgIpc) is 3.13. The van der Waals surface area contributed by atoms with Crippen molar-refractivity contribution in [3.05, 3.63) is 65.7 Å². The van der Waals surface area contributed by atoms with Crippen molar-refractivity contribution in [2.75, 3.05) is 7.11 Å². The van der Waals surface area contributed by atoms with E-state index in [9.17, 15) is 8.42 Å². The van der Waals surface area contributed by atoms with Gasteiger partial charge in [0, 0.05) is 23.3 Å². The lowest BCUT2D eigenvalue weighted by atomic mass is 10.1. The molecule has 0 aliphatic heterocycles. The van der Waals surface area contributed by atoms with E-state index < -0.39 is 10.0 Å². The zero-order chi connectivity index (χ0) is 20.8. The molecule has 0 radical (unpaired) electrons. The van der Waals surface area contributed by atoms with Crippen LogP contribution in [0.5, 0.6) is 5.75 Å². The van der Waals surface area contributed by atoms with Crippen molar-refractivity contribution in [1.29, 1.82) is 0 Å². The number of aromatic nitrogens is 4. The van der Waals surface area contributed by atoms with Gasteiger partial charge in [-0.3, -0.25) is 4.98 Å². The minimum absolute atomic E-state index is 0.200. The first-order valence-electron chi connectivity index (χ1n) is 8.99. The van der Waals surface area contributed by atoms with Gasteiger partial charge in [-0.15, -0.1) is 0 Å². The highest BCUT2D eigenvalue weighted by Crippen LogP contribution is 2.31. The van der Waals surface area contributed by atoms with Crippen LogP contribution < -0.4 is 4.74 Å². The second-order valence-electron chi connectivity index (χ2n) is 6.89. The fraction of sp³-hybridized carbons (Fsp3) is 0.190. The zero-order valence-electron chi connectivity index (χ0n) is 16.5. The molecule has 0 N–H and O–H groups in total. The van der Waals surface area contributed by atoms with E-state index in [0.29, 0.717) is 17.0 Å². The van der Waals surface area contributed by atoms with Crippen LogP contribution in [0.4, 0.5) is 0 Å². The quantitative estimate of drug-likeness (QED) is 0.512. The van der Waals surface area contributed by atoms with E-state index in [1.54, 1.807) is 43.9 Å². The van der Waals surface area contributed by atoms with E-state index in [-0.39, 0.29) is 4.90 Å². The van der Waals surface area contributed by atoms with Crippen LogP contribution in [0, 0.1) is 20.8 Å². The maximum Gasteiger partial charge on any atom is 0.268 e. The Labute approximate surface area is 169 Å². The second kappa shape index (κ2) is 6.97. The van der Waals surface area contributed by atoms with Gasteiger partial charge in [-0.2, -0.15) is 10.2 Å². The summed E-state index contributed by atoms with van der Waals surface area (Å²) in [6, 6.07) is 8.71. The van der Waals surface area contributed by atoms with Crippen molar-refractivity contribution in [3.8, 4) is 17.0 Å². The summed E-state index contributed by atoms with van der Waals surface area (Å²) in [7, 11) is -2.24. The van der Waals surface area contributed by atoms with Gasteiger partial charge in [0.2, 0.25) is 0 Å². The number of ether oxygens (including phenoxy) is 1. The molecule has 4 aromatic rings. The number of methoxy groups -OCH3 is 1. The molecule has 1 aromatic carbocycles. The molecule has 8 heteroatoms. The molecule has 0 unspecified atom stereocenters. The molecule has 0 atom stereocenters. The number of hydrogen-bond donors (Lipinski definition) is 0. The summed E-state index contributed by atoms with van der Waals surface area (Å²) in [5.41, 5.74) is 4.17. The molecule has 3 aromatic heterocycles. The first kappa shape index (κ1) is 19.1. The van der Waals surface area contributed by atoms with Gasteiger partial charge >= 0.3 is 0 Å². The summed E-state index contributed by atoms with van der Waals surface area (Å²) in [5.74, 6) is 0.684. The third kappa shape index (κ3) is 3.15. The molecule has 148 valence electrons. The standard InChI is InChI=1S/C21H20N4O3S/c1-13-9-16(10-14(2)21(13)28-4)29(26,27)25-8-7-17-18(11-22-12-20(17)25)19-6-5-15(3)23-24-19/h5-12H,1-4H3. The molecule has 3 heterocycles. The van der Waals surface area contributed by atoms with Gasteiger partial charge in [0.15, 0.2) is 0 Å². The number of fused-ring (bicyclic) bond motifs is 1. The highest BCUT2D eigenvalue weighted by molar-refractivity contribution is 7.90. The monoisotopic (exact) mass is 408 g/mol.